The van der Waals surface area contributed by atoms with Crippen molar-refractivity contribution in [2.24, 2.45) is 0 Å². The number of aromatic nitrogens is 5. The molecule has 136 valence electrons. The minimum Gasteiger partial charge on any atom is -0.383 e. The molecule has 3 aromatic rings. The van der Waals surface area contributed by atoms with E-state index in [9.17, 15) is 4.79 Å². The van der Waals surface area contributed by atoms with Crippen molar-refractivity contribution in [3.63, 3.8) is 0 Å². The number of methoxy groups -OCH3 is 1. The molecule has 7 heteroatoms. The fourth-order valence-electron chi connectivity index (χ4n) is 3.28. The van der Waals surface area contributed by atoms with Gasteiger partial charge in [0.25, 0.3) is 0 Å². The van der Waals surface area contributed by atoms with Crippen LogP contribution in [0.3, 0.4) is 0 Å². The molecule has 0 spiro atoms. The van der Waals surface area contributed by atoms with Crippen molar-refractivity contribution in [2.75, 3.05) is 13.7 Å². The van der Waals surface area contributed by atoms with Gasteiger partial charge in [0.1, 0.15) is 6.54 Å². The molecule has 0 amide bonds. The third-order valence-electron chi connectivity index (χ3n) is 4.40. The van der Waals surface area contributed by atoms with Crippen LogP contribution in [0.4, 0.5) is 0 Å². The van der Waals surface area contributed by atoms with Crippen LogP contribution in [0.2, 0.25) is 0 Å². The number of benzene rings is 1. The van der Waals surface area contributed by atoms with Gasteiger partial charge in [0.05, 0.1) is 12.6 Å². The van der Waals surface area contributed by atoms with Crippen molar-refractivity contribution in [3.05, 3.63) is 53.3 Å². The fourth-order valence-corrected chi connectivity index (χ4v) is 3.28. The summed E-state index contributed by atoms with van der Waals surface area (Å²) in [5.74, 6) is 0.476. The largest absolute Gasteiger partial charge is 0.383 e. The van der Waals surface area contributed by atoms with E-state index in [1.807, 2.05) is 50.2 Å². The molecule has 0 unspecified atom stereocenters. The van der Waals surface area contributed by atoms with Gasteiger partial charge < -0.3 is 9.30 Å². The van der Waals surface area contributed by atoms with Crippen LogP contribution in [0.15, 0.2) is 36.4 Å². The summed E-state index contributed by atoms with van der Waals surface area (Å²) in [6.07, 6.45) is 0. The number of Topliss-reactive ketones (excluding diaryl/α,β-unsaturated/α-hetero) is 1. The number of nitrogens with zero attached hydrogens (tertiary/aromatic N) is 5. The monoisotopic (exact) mass is 353 g/mol. The van der Waals surface area contributed by atoms with Gasteiger partial charge in [-0.1, -0.05) is 30.3 Å². The van der Waals surface area contributed by atoms with E-state index >= 15 is 0 Å². The van der Waals surface area contributed by atoms with Crippen molar-refractivity contribution in [1.82, 2.24) is 24.8 Å². The van der Waals surface area contributed by atoms with E-state index in [1.165, 1.54) is 4.80 Å². The molecule has 0 saturated heterocycles. The molecule has 0 bridgehead atoms. The van der Waals surface area contributed by atoms with E-state index in [2.05, 4.69) is 26.9 Å². The number of rotatable bonds is 7. The first-order chi connectivity index (χ1) is 12.5. The molecular formula is C19H23N5O2. The second-order valence-corrected chi connectivity index (χ2v) is 6.39. The Morgan fingerprint density at radius 2 is 1.96 bits per heavy atom. The summed E-state index contributed by atoms with van der Waals surface area (Å²) in [6, 6.07) is 11.7. The maximum absolute atomic E-state index is 12.8. The lowest BCUT2D eigenvalue weighted by Gasteiger charge is -2.17. The number of carbonyl (C=O) groups excluding carboxylic acids is 1. The molecule has 1 aromatic carbocycles. The van der Waals surface area contributed by atoms with Crippen molar-refractivity contribution >= 4 is 5.78 Å². The van der Waals surface area contributed by atoms with Crippen LogP contribution < -0.4 is 0 Å². The molecule has 0 aliphatic heterocycles. The summed E-state index contributed by atoms with van der Waals surface area (Å²) in [4.78, 5) is 14.1. The van der Waals surface area contributed by atoms with Crippen molar-refractivity contribution in [1.29, 1.82) is 0 Å². The fraction of sp³-hybridized carbons (Fsp3) is 0.368. The summed E-state index contributed by atoms with van der Waals surface area (Å²) in [5.41, 5.74) is 3.52. The van der Waals surface area contributed by atoms with Crippen molar-refractivity contribution < 1.29 is 9.53 Å². The van der Waals surface area contributed by atoms with Gasteiger partial charge in [0, 0.05) is 29.6 Å². The Labute approximate surface area is 152 Å². The average molecular weight is 353 g/mol. The number of carbonyl (C=O) groups is 1. The van der Waals surface area contributed by atoms with E-state index in [0.29, 0.717) is 18.0 Å². The van der Waals surface area contributed by atoms with Crippen LogP contribution in [0.1, 0.15) is 34.7 Å². The van der Waals surface area contributed by atoms with Crippen LogP contribution in [0.5, 0.6) is 0 Å². The third-order valence-corrected chi connectivity index (χ3v) is 4.40. The van der Waals surface area contributed by atoms with Crippen LogP contribution in [-0.4, -0.2) is 44.3 Å². The van der Waals surface area contributed by atoms with Gasteiger partial charge in [-0.15, -0.1) is 10.2 Å². The van der Waals surface area contributed by atoms with Crippen LogP contribution in [0.25, 0.3) is 11.4 Å². The van der Waals surface area contributed by atoms with E-state index in [-0.39, 0.29) is 18.4 Å². The molecule has 0 N–H and O–H groups in total. The Morgan fingerprint density at radius 1 is 1.23 bits per heavy atom. The first kappa shape index (κ1) is 18.0. The molecule has 0 aliphatic carbocycles. The maximum Gasteiger partial charge on any atom is 0.204 e. The number of hydrogen-bond acceptors (Lipinski definition) is 5. The molecule has 2 heterocycles. The van der Waals surface area contributed by atoms with Crippen LogP contribution in [0, 0.1) is 13.8 Å². The van der Waals surface area contributed by atoms with E-state index in [4.69, 9.17) is 4.74 Å². The first-order valence-electron chi connectivity index (χ1n) is 8.55. The van der Waals surface area contributed by atoms with Gasteiger partial charge in [0.2, 0.25) is 5.82 Å². The van der Waals surface area contributed by atoms with Crippen LogP contribution in [-0.2, 0) is 11.3 Å². The summed E-state index contributed by atoms with van der Waals surface area (Å²) in [7, 11) is 1.68. The Morgan fingerprint density at radius 3 is 2.65 bits per heavy atom. The highest BCUT2D eigenvalue weighted by Gasteiger charge is 2.20. The molecule has 3 rings (SSSR count). The van der Waals surface area contributed by atoms with Gasteiger partial charge in [-0.2, -0.15) is 4.80 Å². The number of tetrazole rings is 1. The van der Waals surface area contributed by atoms with E-state index < -0.39 is 0 Å². The Bertz CT molecular complexity index is 898. The van der Waals surface area contributed by atoms with Gasteiger partial charge in [-0.3, -0.25) is 4.79 Å². The zero-order valence-corrected chi connectivity index (χ0v) is 15.5. The summed E-state index contributed by atoms with van der Waals surface area (Å²) in [6.45, 7) is 6.68. The lowest BCUT2D eigenvalue weighted by atomic mass is 10.1. The topological polar surface area (TPSA) is 74.8 Å². The van der Waals surface area contributed by atoms with Crippen LogP contribution >= 0.6 is 0 Å². The quantitative estimate of drug-likeness (QED) is 0.611. The number of hydrogen-bond donors (Lipinski definition) is 0. The highest BCUT2D eigenvalue weighted by molar-refractivity contribution is 5.97. The van der Waals surface area contributed by atoms with E-state index in [0.717, 1.165) is 17.0 Å². The highest BCUT2D eigenvalue weighted by atomic mass is 16.5. The molecule has 0 saturated carbocycles. The summed E-state index contributed by atoms with van der Waals surface area (Å²) >= 11 is 0. The second kappa shape index (κ2) is 7.61. The number of aryl methyl sites for hydroxylation is 1. The van der Waals surface area contributed by atoms with Crippen molar-refractivity contribution in [3.8, 4) is 11.4 Å². The van der Waals surface area contributed by atoms with Gasteiger partial charge >= 0.3 is 0 Å². The lowest BCUT2D eigenvalue weighted by Crippen LogP contribution is -2.16. The van der Waals surface area contributed by atoms with Crippen molar-refractivity contribution in [2.45, 2.75) is 33.4 Å². The first-order valence-corrected chi connectivity index (χ1v) is 8.55. The van der Waals surface area contributed by atoms with Gasteiger partial charge in [-0.25, -0.2) is 0 Å². The maximum atomic E-state index is 12.8. The highest BCUT2D eigenvalue weighted by Crippen LogP contribution is 2.21. The zero-order chi connectivity index (χ0) is 18.7. The molecule has 7 nitrogen and oxygen atoms in total. The molecule has 1 atom stereocenters. The predicted molar refractivity (Wildman–Crippen MR) is 98.1 cm³/mol. The SMILES string of the molecule is COC[C@@H](C)n1c(C)cc(C(=O)Cn2nnc(-c3ccccc3)n2)c1C. The molecule has 26 heavy (non-hydrogen) atoms. The standard InChI is InChI=1S/C19H23N5O2/c1-13-10-17(15(3)24(13)14(2)12-26-4)18(25)11-23-21-19(20-22-23)16-8-6-5-7-9-16/h5-10,14H,11-12H2,1-4H3/t14-/m1/s1. The van der Waals surface area contributed by atoms with Gasteiger partial charge in [-0.05, 0) is 32.1 Å². The lowest BCUT2D eigenvalue weighted by molar-refractivity contribution is 0.0960. The minimum absolute atomic E-state index is 0.0361. The number of ether oxygens (including phenoxy) is 1. The molecule has 0 fully saturated rings. The zero-order valence-electron chi connectivity index (χ0n) is 15.5. The molecule has 0 radical (unpaired) electrons. The molecular weight excluding hydrogens is 330 g/mol. The molecule has 2 aromatic heterocycles. The predicted octanol–water partition coefficient (Wildman–Crippen LogP) is 2.85. The Kier molecular flexibility index (Phi) is 5.27. The summed E-state index contributed by atoms with van der Waals surface area (Å²) in [5, 5.41) is 12.4. The second-order valence-electron chi connectivity index (χ2n) is 6.39. The van der Waals surface area contributed by atoms with E-state index in [1.54, 1.807) is 7.11 Å². The normalized spacial score (nSPS) is 12.3. The van der Waals surface area contributed by atoms with Gasteiger partial charge in [0.15, 0.2) is 5.78 Å². The summed E-state index contributed by atoms with van der Waals surface area (Å²) < 4.78 is 7.37. The molecule has 0 aliphatic rings. The third kappa shape index (κ3) is 3.57. The Hall–Kier alpha value is -2.80. The number of ketones is 1. The smallest absolute Gasteiger partial charge is 0.204 e. The minimum atomic E-state index is -0.0361. The Balaban J connectivity index is 1.79. The average Bonchev–Trinajstić information content (AvgIpc) is 3.20.